The average Bonchev–Trinajstić information content (AvgIpc) is 3.38. The van der Waals surface area contributed by atoms with Crippen LogP contribution in [0.5, 0.6) is 0 Å². The van der Waals surface area contributed by atoms with Crippen LogP contribution in [0.1, 0.15) is 30.8 Å². The molecule has 0 fully saturated rings. The van der Waals surface area contributed by atoms with Crippen LogP contribution >= 0.6 is 11.3 Å². The first kappa shape index (κ1) is 22.5. The van der Waals surface area contributed by atoms with Crippen molar-refractivity contribution in [2.45, 2.75) is 33.2 Å². The summed E-state index contributed by atoms with van der Waals surface area (Å²) in [5.41, 5.74) is 2.77. The van der Waals surface area contributed by atoms with E-state index < -0.39 is 24.0 Å². The second-order valence-electron chi connectivity index (χ2n) is 8.18. The van der Waals surface area contributed by atoms with Gasteiger partial charge < -0.3 is 10.1 Å². The summed E-state index contributed by atoms with van der Waals surface area (Å²) in [5, 5.41) is 5.56. The number of carbonyl (C=O) groups is 3. The summed E-state index contributed by atoms with van der Waals surface area (Å²) in [6, 6.07) is 8.98. The highest BCUT2D eigenvalue weighted by Crippen LogP contribution is 2.36. The lowest BCUT2D eigenvalue weighted by Gasteiger charge is -2.41. The van der Waals surface area contributed by atoms with E-state index in [9.17, 15) is 14.4 Å². The Hall–Kier alpha value is -3.72. The molecule has 0 unspecified atom stereocenters. The van der Waals surface area contributed by atoms with Gasteiger partial charge in [0.05, 0.1) is 11.4 Å². The summed E-state index contributed by atoms with van der Waals surface area (Å²) in [5.74, 6) is -1.43. The minimum absolute atomic E-state index is 0.309. The molecular formula is C24H24N4O4S. The van der Waals surface area contributed by atoms with Gasteiger partial charge in [-0.25, -0.2) is 9.78 Å². The van der Waals surface area contributed by atoms with Crippen LogP contribution in [-0.2, 0) is 19.1 Å². The molecule has 2 amide bonds. The number of fused-ring (bicyclic) bond motifs is 1. The zero-order valence-electron chi connectivity index (χ0n) is 18.8. The summed E-state index contributed by atoms with van der Waals surface area (Å²) < 4.78 is 7.22. The van der Waals surface area contributed by atoms with Crippen molar-refractivity contribution in [3.63, 3.8) is 0 Å². The molecular weight excluding hydrogens is 440 g/mol. The van der Waals surface area contributed by atoms with E-state index in [0.29, 0.717) is 11.4 Å². The lowest BCUT2D eigenvalue weighted by molar-refractivity contribution is -0.143. The van der Waals surface area contributed by atoms with E-state index >= 15 is 0 Å². The Kier molecular flexibility index (Phi) is 5.90. The van der Waals surface area contributed by atoms with E-state index in [-0.39, 0.29) is 5.91 Å². The van der Waals surface area contributed by atoms with Crippen molar-refractivity contribution >= 4 is 46.6 Å². The highest BCUT2D eigenvalue weighted by Gasteiger charge is 2.43. The van der Waals surface area contributed by atoms with E-state index in [0.717, 1.165) is 22.1 Å². The number of hydrogen-bond acceptors (Lipinski definition) is 6. The Labute approximate surface area is 195 Å². The molecule has 170 valence electrons. The zero-order chi connectivity index (χ0) is 23.8. The van der Waals surface area contributed by atoms with Gasteiger partial charge in [0.2, 0.25) is 5.91 Å². The topological polar surface area (TPSA) is 93.5 Å². The van der Waals surface area contributed by atoms with Crippen molar-refractivity contribution in [3.8, 4) is 5.13 Å². The number of thiazole rings is 1. The predicted octanol–water partition coefficient (Wildman–Crippen LogP) is 3.87. The molecule has 3 aromatic rings. The third-order valence-electron chi connectivity index (χ3n) is 5.57. The van der Waals surface area contributed by atoms with Crippen LogP contribution in [0.15, 0.2) is 48.0 Å². The summed E-state index contributed by atoms with van der Waals surface area (Å²) in [6.45, 7) is 6.74. The van der Waals surface area contributed by atoms with Gasteiger partial charge in [0.25, 0.3) is 5.91 Å². The van der Waals surface area contributed by atoms with Crippen molar-refractivity contribution in [2.24, 2.45) is 0 Å². The van der Waals surface area contributed by atoms with Gasteiger partial charge in [-0.3, -0.25) is 19.1 Å². The molecule has 9 heteroatoms. The Morgan fingerprint density at radius 1 is 1.24 bits per heavy atom. The molecule has 0 aliphatic carbocycles. The Bertz CT molecular complexity index is 1260. The SMILES string of the molecule is Cc1cc(/C=C/C(=O)OCC(=O)N2c3ccccc3NC(=O)C2(C)C)c(C)n1-c1nccs1. The Balaban J connectivity index is 1.45. The maximum Gasteiger partial charge on any atom is 0.331 e. The first-order chi connectivity index (χ1) is 15.7. The number of anilines is 2. The summed E-state index contributed by atoms with van der Waals surface area (Å²) in [4.78, 5) is 43.5. The van der Waals surface area contributed by atoms with Gasteiger partial charge >= 0.3 is 5.97 Å². The fourth-order valence-electron chi connectivity index (χ4n) is 3.88. The van der Waals surface area contributed by atoms with Crippen molar-refractivity contribution in [3.05, 3.63) is 64.9 Å². The number of hydrogen-bond donors (Lipinski definition) is 1. The van der Waals surface area contributed by atoms with Crippen LogP contribution in [-0.4, -0.2) is 39.5 Å². The number of carbonyl (C=O) groups excluding carboxylic acids is 3. The summed E-state index contributed by atoms with van der Waals surface area (Å²) in [7, 11) is 0. The normalized spacial score (nSPS) is 14.8. The highest BCUT2D eigenvalue weighted by molar-refractivity contribution is 7.12. The maximum atomic E-state index is 13.0. The van der Waals surface area contributed by atoms with E-state index in [1.54, 1.807) is 50.4 Å². The van der Waals surface area contributed by atoms with Gasteiger partial charge in [0.15, 0.2) is 11.7 Å². The first-order valence-corrected chi connectivity index (χ1v) is 11.3. The first-order valence-electron chi connectivity index (χ1n) is 10.4. The van der Waals surface area contributed by atoms with Crippen LogP contribution in [0.25, 0.3) is 11.2 Å². The van der Waals surface area contributed by atoms with Crippen LogP contribution in [0.4, 0.5) is 11.4 Å². The molecule has 0 bridgehead atoms. The number of nitrogens with one attached hydrogen (secondary N) is 1. The van der Waals surface area contributed by atoms with Crippen molar-refractivity contribution in [2.75, 3.05) is 16.8 Å². The summed E-state index contributed by atoms with van der Waals surface area (Å²) in [6.07, 6.45) is 4.70. The van der Waals surface area contributed by atoms with Gasteiger partial charge in [0, 0.05) is 29.0 Å². The van der Waals surface area contributed by atoms with Crippen molar-refractivity contribution < 1.29 is 19.1 Å². The number of rotatable bonds is 5. The number of aryl methyl sites for hydroxylation is 1. The maximum absolute atomic E-state index is 13.0. The Morgan fingerprint density at radius 3 is 2.73 bits per heavy atom. The molecule has 8 nitrogen and oxygen atoms in total. The minimum Gasteiger partial charge on any atom is -0.452 e. The van der Waals surface area contributed by atoms with Crippen LogP contribution in [0.3, 0.4) is 0 Å². The number of aromatic nitrogens is 2. The molecule has 0 atom stereocenters. The molecule has 0 radical (unpaired) electrons. The lowest BCUT2D eigenvalue weighted by Crippen LogP contribution is -2.59. The molecule has 2 aromatic heterocycles. The highest BCUT2D eigenvalue weighted by atomic mass is 32.1. The van der Waals surface area contributed by atoms with Gasteiger partial charge in [-0.15, -0.1) is 11.3 Å². The fraction of sp³-hybridized carbons (Fsp3) is 0.250. The van der Waals surface area contributed by atoms with Gasteiger partial charge in [-0.2, -0.15) is 0 Å². The van der Waals surface area contributed by atoms with E-state index in [1.807, 2.05) is 29.9 Å². The third kappa shape index (κ3) is 4.19. The number of amides is 2. The number of benzene rings is 1. The average molecular weight is 465 g/mol. The second kappa shape index (κ2) is 8.67. The van der Waals surface area contributed by atoms with Crippen LogP contribution < -0.4 is 10.2 Å². The largest absolute Gasteiger partial charge is 0.452 e. The van der Waals surface area contributed by atoms with Gasteiger partial charge in [0.1, 0.15) is 5.54 Å². The number of para-hydroxylation sites is 2. The molecule has 1 aromatic carbocycles. The fourth-order valence-corrected chi connectivity index (χ4v) is 4.63. The number of esters is 1. The van der Waals surface area contributed by atoms with Crippen molar-refractivity contribution in [1.82, 2.24) is 9.55 Å². The zero-order valence-corrected chi connectivity index (χ0v) is 19.6. The molecule has 0 spiro atoms. The number of nitrogens with zero attached hydrogens (tertiary/aromatic N) is 3. The second-order valence-corrected chi connectivity index (χ2v) is 9.05. The van der Waals surface area contributed by atoms with Crippen LogP contribution in [0.2, 0.25) is 0 Å². The molecule has 1 aliphatic heterocycles. The quantitative estimate of drug-likeness (QED) is 0.457. The van der Waals surface area contributed by atoms with E-state index in [4.69, 9.17) is 4.74 Å². The van der Waals surface area contributed by atoms with Gasteiger partial charge in [-0.1, -0.05) is 12.1 Å². The molecule has 0 saturated carbocycles. The van der Waals surface area contributed by atoms with E-state index in [2.05, 4.69) is 10.3 Å². The monoisotopic (exact) mass is 464 g/mol. The third-order valence-corrected chi connectivity index (χ3v) is 6.33. The van der Waals surface area contributed by atoms with E-state index in [1.165, 1.54) is 22.3 Å². The predicted molar refractivity (Wildman–Crippen MR) is 128 cm³/mol. The summed E-state index contributed by atoms with van der Waals surface area (Å²) >= 11 is 1.53. The molecule has 33 heavy (non-hydrogen) atoms. The standard InChI is InChI=1S/C24H24N4O4S/c1-15-13-17(16(2)27(15)23-25-11-12-33-23)9-10-21(30)32-14-20(29)28-19-8-6-5-7-18(19)26-22(31)24(28,3)4/h5-13H,14H2,1-4H3,(H,26,31)/b10-9+. The minimum atomic E-state index is -1.12. The molecule has 1 N–H and O–H groups in total. The van der Waals surface area contributed by atoms with Crippen LogP contribution in [0, 0.1) is 13.8 Å². The Morgan fingerprint density at radius 2 is 2.00 bits per heavy atom. The molecule has 4 rings (SSSR count). The van der Waals surface area contributed by atoms with Crippen molar-refractivity contribution in [1.29, 1.82) is 0 Å². The molecule has 3 heterocycles. The smallest absolute Gasteiger partial charge is 0.331 e. The number of ether oxygens (including phenoxy) is 1. The molecule has 1 aliphatic rings. The molecule has 0 saturated heterocycles. The van der Waals surface area contributed by atoms with Gasteiger partial charge in [-0.05, 0) is 57.5 Å². The lowest BCUT2D eigenvalue weighted by atomic mass is 9.96.